The van der Waals surface area contributed by atoms with Gasteiger partial charge < -0.3 is 10.4 Å². The lowest BCUT2D eigenvalue weighted by Gasteiger charge is -2.30. The number of hydrogen-bond donors (Lipinski definition) is 2. The van der Waals surface area contributed by atoms with E-state index in [0.717, 1.165) is 52.8 Å². The predicted octanol–water partition coefficient (Wildman–Crippen LogP) is 5.39. The molecular formula is C28H37NO4S. The number of hydrogen-bond acceptors (Lipinski definition) is 4. The van der Waals surface area contributed by atoms with E-state index in [2.05, 4.69) is 38.2 Å². The van der Waals surface area contributed by atoms with Crippen molar-refractivity contribution in [1.29, 1.82) is 0 Å². The van der Waals surface area contributed by atoms with Crippen LogP contribution in [-0.2, 0) is 41.7 Å². The van der Waals surface area contributed by atoms with Crippen molar-refractivity contribution in [3.05, 3.63) is 55.3 Å². The minimum absolute atomic E-state index is 0.257. The first-order valence-corrected chi connectivity index (χ1v) is 13.1. The summed E-state index contributed by atoms with van der Waals surface area (Å²) in [5.41, 5.74) is 7.54. The van der Waals surface area contributed by atoms with Gasteiger partial charge in [0.25, 0.3) is 0 Å². The standard InChI is InChI=1S/C28H37NO4S/c1-6-24-22-15-28(4,5)12-11-21(22)27(34-24)23(30)9-7-19-13-17(2)20(18(3)14-19)8-10-25(31)29-16-26(32)33/h13-14H,6-12,15-16H2,1-5H3,(H,29,31)(H,32,33). The number of ketones is 1. The van der Waals surface area contributed by atoms with Crippen LogP contribution >= 0.6 is 11.3 Å². The van der Waals surface area contributed by atoms with E-state index in [-0.39, 0.29) is 24.7 Å². The molecule has 0 aliphatic heterocycles. The number of aryl methyl sites for hydroxylation is 4. The fourth-order valence-electron chi connectivity index (χ4n) is 5.06. The van der Waals surface area contributed by atoms with Gasteiger partial charge in [0.05, 0.1) is 4.88 Å². The summed E-state index contributed by atoms with van der Waals surface area (Å²) in [7, 11) is 0. The Kier molecular flexibility index (Phi) is 8.34. The van der Waals surface area contributed by atoms with Gasteiger partial charge in [-0.3, -0.25) is 14.4 Å². The lowest BCUT2D eigenvalue weighted by atomic mass is 9.74. The average Bonchev–Trinajstić information content (AvgIpc) is 3.12. The van der Waals surface area contributed by atoms with Crippen LogP contribution in [0.25, 0.3) is 0 Å². The molecule has 1 aliphatic carbocycles. The summed E-state index contributed by atoms with van der Waals surface area (Å²) in [6.07, 6.45) is 6.25. The highest BCUT2D eigenvalue weighted by atomic mass is 32.1. The van der Waals surface area contributed by atoms with Crippen LogP contribution in [0.15, 0.2) is 12.1 Å². The lowest BCUT2D eigenvalue weighted by molar-refractivity contribution is -0.137. The van der Waals surface area contributed by atoms with E-state index < -0.39 is 5.97 Å². The minimum Gasteiger partial charge on any atom is -0.480 e. The minimum atomic E-state index is -1.04. The van der Waals surface area contributed by atoms with Gasteiger partial charge in [0.15, 0.2) is 5.78 Å². The molecule has 1 heterocycles. The number of carboxylic acids is 1. The fraction of sp³-hybridized carbons (Fsp3) is 0.536. The molecule has 1 aliphatic rings. The van der Waals surface area contributed by atoms with Gasteiger partial charge in [0.1, 0.15) is 6.54 Å². The molecule has 1 aromatic carbocycles. The summed E-state index contributed by atoms with van der Waals surface area (Å²) in [4.78, 5) is 38.1. The number of aliphatic carboxylic acids is 1. The van der Waals surface area contributed by atoms with Gasteiger partial charge in [0.2, 0.25) is 5.91 Å². The molecule has 0 radical (unpaired) electrons. The Morgan fingerprint density at radius 3 is 2.35 bits per heavy atom. The number of carbonyl (C=O) groups is 3. The van der Waals surface area contributed by atoms with E-state index in [4.69, 9.17) is 5.11 Å². The van der Waals surface area contributed by atoms with Crippen molar-refractivity contribution < 1.29 is 19.5 Å². The zero-order valence-electron chi connectivity index (χ0n) is 21.1. The van der Waals surface area contributed by atoms with Gasteiger partial charge in [0, 0.05) is 17.7 Å². The maximum Gasteiger partial charge on any atom is 0.322 e. The van der Waals surface area contributed by atoms with Gasteiger partial charge in [-0.05, 0) is 91.2 Å². The SMILES string of the molecule is CCc1sc(C(=O)CCc2cc(C)c(CCC(=O)NCC(=O)O)c(C)c2)c2c1CC(C)(C)CC2. The van der Waals surface area contributed by atoms with Crippen molar-refractivity contribution >= 4 is 29.0 Å². The largest absolute Gasteiger partial charge is 0.480 e. The van der Waals surface area contributed by atoms with E-state index in [1.165, 1.54) is 16.0 Å². The van der Waals surface area contributed by atoms with Gasteiger partial charge in [-0.1, -0.05) is 32.9 Å². The van der Waals surface area contributed by atoms with Gasteiger partial charge >= 0.3 is 5.97 Å². The number of benzene rings is 1. The van der Waals surface area contributed by atoms with Crippen LogP contribution < -0.4 is 5.32 Å². The maximum atomic E-state index is 13.2. The molecule has 34 heavy (non-hydrogen) atoms. The molecule has 184 valence electrons. The van der Waals surface area contributed by atoms with Crippen molar-refractivity contribution in [3.63, 3.8) is 0 Å². The van der Waals surface area contributed by atoms with Crippen LogP contribution in [0.5, 0.6) is 0 Å². The third-order valence-corrected chi connectivity index (χ3v) is 8.38. The van der Waals surface area contributed by atoms with Crippen molar-refractivity contribution in [3.8, 4) is 0 Å². The lowest BCUT2D eigenvalue weighted by Crippen LogP contribution is -2.29. The Morgan fingerprint density at radius 1 is 1.06 bits per heavy atom. The van der Waals surface area contributed by atoms with Crippen molar-refractivity contribution in [2.75, 3.05) is 6.54 Å². The van der Waals surface area contributed by atoms with Crippen LogP contribution in [0.4, 0.5) is 0 Å². The molecule has 6 heteroatoms. The zero-order valence-corrected chi connectivity index (χ0v) is 21.9. The van der Waals surface area contributed by atoms with Crippen LogP contribution in [0.3, 0.4) is 0 Å². The van der Waals surface area contributed by atoms with Gasteiger partial charge in [-0.15, -0.1) is 11.3 Å². The molecule has 0 bridgehead atoms. The normalized spacial score (nSPS) is 14.5. The smallest absolute Gasteiger partial charge is 0.322 e. The van der Waals surface area contributed by atoms with Crippen LogP contribution in [0, 0.1) is 19.3 Å². The Bertz CT molecular complexity index is 1070. The molecule has 0 fully saturated rings. The van der Waals surface area contributed by atoms with Crippen molar-refractivity contribution in [2.45, 2.75) is 86.0 Å². The molecule has 0 spiro atoms. The number of Topliss-reactive ketones (excluding diaryl/α,β-unsaturated/α-hetero) is 1. The highest BCUT2D eigenvalue weighted by Gasteiger charge is 2.31. The van der Waals surface area contributed by atoms with Crippen LogP contribution in [0.1, 0.15) is 88.0 Å². The topological polar surface area (TPSA) is 83.5 Å². The maximum absolute atomic E-state index is 13.2. The third kappa shape index (κ3) is 6.35. The predicted molar refractivity (Wildman–Crippen MR) is 137 cm³/mol. The molecular weight excluding hydrogens is 446 g/mol. The number of amides is 1. The number of fused-ring (bicyclic) bond motifs is 1. The zero-order chi connectivity index (χ0) is 25.0. The number of carboxylic acid groups (broad SMARTS) is 1. The average molecular weight is 484 g/mol. The first-order valence-electron chi connectivity index (χ1n) is 12.2. The van der Waals surface area contributed by atoms with Gasteiger partial charge in [-0.2, -0.15) is 0 Å². The van der Waals surface area contributed by atoms with Crippen LogP contribution in [-0.4, -0.2) is 29.3 Å². The number of rotatable bonds is 10. The highest BCUT2D eigenvalue weighted by molar-refractivity contribution is 7.14. The first kappa shape index (κ1) is 26.1. The molecule has 3 rings (SSSR count). The van der Waals surface area contributed by atoms with Crippen molar-refractivity contribution in [1.82, 2.24) is 5.32 Å². The quantitative estimate of drug-likeness (QED) is 0.444. The van der Waals surface area contributed by atoms with E-state index in [1.54, 1.807) is 11.3 Å². The Morgan fingerprint density at radius 2 is 1.74 bits per heavy atom. The number of carbonyl (C=O) groups excluding carboxylic acids is 2. The Balaban J connectivity index is 1.65. The summed E-state index contributed by atoms with van der Waals surface area (Å²) in [6.45, 7) is 10.6. The molecule has 1 amide bonds. The molecule has 2 aromatic rings. The molecule has 0 saturated heterocycles. The number of nitrogens with one attached hydrogen (secondary N) is 1. The molecule has 0 atom stereocenters. The summed E-state index contributed by atoms with van der Waals surface area (Å²) < 4.78 is 0. The second-order valence-electron chi connectivity index (χ2n) is 10.3. The third-order valence-electron chi connectivity index (χ3n) is 6.92. The summed E-state index contributed by atoms with van der Waals surface area (Å²) in [6, 6.07) is 4.24. The fourth-order valence-corrected chi connectivity index (χ4v) is 6.33. The molecule has 2 N–H and O–H groups in total. The number of thiophene rings is 1. The Labute approximate surface area is 207 Å². The molecule has 5 nitrogen and oxygen atoms in total. The molecule has 1 aromatic heterocycles. The second-order valence-corrected chi connectivity index (χ2v) is 11.4. The summed E-state index contributed by atoms with van der Waals surface area (Å²) in [5.74, 6) is -1.04. The van der Waals surface area contributed by atoms with E-state index in [0.29, 0.717) is 24.7 Å². The molecule has 0 unspecified atom stereocenters. The first-order chi connectivity index (χ1) is 16.0. The van der Waals surface area contributed by atoms with E-state index in [1.807, 2.05) is 13.8 Å². The van der Waals surface area contributed by atoms with Gasteiger partial charge in [-0.25, -0.2) is 0 Å². The Hall–Kier alpha value is -2.47. The monoisotopic (exact) mass is 483 g/mol. The summed E-state index contributed by atoms with van der Waals surface area (Å²) >= 11 is 1.72. The second kappa shape index (κ2) is 10.9. The van der Waals surface area contributed by atoms with Crippen molar-refractivity contribution in [2.24, 2.45) is 5.41 Å². The van der Waals surface area contributed by atoms with Crippen LogP contribution in [0.2, 0.25) is 0 Å². The van der Waals surface area contributed by atoms with E-state index in [9.17, 15) is 14.4 Å². The van der Waals surface area contributed by atoms with E-state index >= 15 is 0 Å². The summed E-state index contributed by atoms with van der Waals surface area (Å²) in [5, 5.41) is 11.1. The molecule has 0 saturated carbocycles. The highest BCUT2D eigenvalue weighted by Crippen LogP contribution is 2.42.